The maximum absolute atomic E-state index is 11.9. The molecular weight excluding hydrogens is 242 g/mol. The highest BCUT2D eigenvalue weighted by atomic mass is 16.5. The molecule has 0 aliphatic carbocycles. The van der Waals surface area contributed by atoms with E-state index >= 15 is 0 Å². The Balaban J connectivity index is 2.40. The SMILES string of the molecule is CCCC(CCN)CCC(=O)Nc1onc(C)c1C. The molecule has 5 heteroatoms. The van der Waals surface area contributed by atoms with E-state index in [-0.39, 0.29) is 5.91 Å². The van der Waals surface area contributed by atoms with E-state index in [9.17, 15) is 4.79 Å². The Hall–Kier alpha value is -1.36. The Kier molecular flexibility index (Phi) is 6.56. The van der Waals surface area contributed by atoms with Gasteiger partial charge >= 0.3 is 0 Å². The number of nitrogens with two attached hydrogens (primary N) is 1. The fourth-order valence-corrected chi connectivity index (χ4v) is 2.13. The Bertz CT molecular complexity index is 395. The molecule has 0 aliphatic heterocycles. The van der Waals surface area contributed by atoms with E-state index in [2.05, 4.69) is 17.4 Å². The van der Waals surface area contributed by atoms with Crippen LogP contribution < -0.4 is 11.1 Å². The average Bonchev–Trinajstić information content (AvgIpc) is 2.68. The number of hydrogen-bond donors (Lipinski definition) is 2. The van der Waals surface area contributed by atoms with E-state index in [1.807, 2.05) is 13.8 Å². The summed E-state index contributed by atoms with van der Waals surface area (Å²) in [6, 6.07) is 0. The first-order chi connectivity index (χ1) is 9.08. The molecule has 1 aromatic heterocycles. The molecule has 1 rings (SSSR count). The summed E-state index contributed by atoms with van der Waals surface area (Å²) in [7, 11) is 0. The second-order valence-electron chi connectivity index (χ2n) is 5.04. The molecule has 0 radical (unpaired) electrons. The lowest BCUT2D eigenvalue weighted by molar-refractivity contribution is -0.116. The van der Waals surface area contributed by atoms with Gasteiger partial charge in [0.1, 0.15) is 0 Å². The zero-order valence-corrected chi connectivity index (χ0v) is 12.2. The van der Waals surface area contributed by atoms with Gasteiger partial charge in [-0.15, -0.1) is 0 Å². The van der Waals surface area contributed by atoms with E-state index in [0.717, 1.165) is 36.9 Å². The van der Waals surface area contributed by atoms with Crippen molar-refractivity contribution in [3.63, 3.8) is 0 Å². The Morgan fingerprint density at radius 1 is 1.37 bits per heavy atom. The molecule has 0 saturated heterocycles. The number of nitrogens with zero attached hydrogens (tertiary/aromatic N) is 1. The molecule has 0 spiro atoms. The molecule has 0 fully saturated rings. The van der Waals surface area contributed by atoms with Gasteiger partial charge in [-0.1, -0.05) is 24.9 Å². The molecule has 3 N–H and O–H groups in total. The molecule has 1 unspecified atom stereocenters. The second kappa shape index (κ2) is 7.94. The molecule has 19 heavy (non-hydrogen) atoms. The number of amides is 1. The van der Waals surface area contributed by atoms with Crippen molar-refractivity contribution in [2.24, 2.45) is 11.7 Å². The number of anilines is 1. The molecule has 0 bridgehead atoms. The van der Waals surface area contributed by atoms with Crippen molar-refractivity contribution < 1.29 is 9.32 Å². The highest BCUT2D eigenvalue weighted by Gasteiger charge is 2.14. The highest BCUT2D eigenvalue weighted by molar-refractivity contribution is 5.89. The van der Waals surface area contributed by atoms with Crippen LogP contribution in [0.4, 0.5) is 5.88 Å². The molecule has 0 aromatic carbocycles. The van der Waals surface area contributed by atoms with Gasteiger partial charge < -0.3 is 10.3 Å². The first kappa shape index (κ1) is 15.7. The molecule has 1 heterocycles. The summed E-state index contributed by atoms with van der Waals surface area (Å²) in [5, 5.41) is 6.59. The number of nitrogens with one attached hydrogen (secondary N) is 1. The lowest BCUT2D eigenvalue weighted by Crippen LogP contribution is -2.15. The number of carbonyl (C=O) groups excluding carboxylic acids is 1. The van der Waals surface area contributed by atoms with Gasteiger partial charge in [0.2, 0.25) is 11.8 Å². The summed E-state index contributed by atoms with van der Waals surface area (Å²) >= 11 is 0. The van der Waals surface area contributed by atoms with Gasteiger partial charge in [0.05, 0.1) is 5.69 Å². The first-order valence-corrected chi connectivity index (χ1v) is 7.01. The topological polar surface area (TPSA) is 81.2 Å². The van der Waals surface area contributed by atoms with Crippen LogP contribution in [0.1, 0.15) is 50.3 Å². The minimum Gasteiger partial charge on any atom is -0.338 e. The van der Waals surface area contributed by atoms with Crippen LogP contribution in [-0.2, 0) is 4.79 Å². The van der Waals surface area contributed by atoms with Crippen molar-refractivity contribution in [2.75, 3.05) is 11.9 Å². The third-order valence-corrected chi connectivity index (χ3v) is 3.46. The van der Waals surface area contributed by atoms with Gasteiger partial charge in [0, 0.05) is 12.0 Å². The number of aromatic nitrogens is 1. The van der Waals surface area contributed by atoms with Crippen LogP contribution in [0.5, 0.6) is 0 Å². The quantitative estimate of drug-likeness (QED) is 0.759. The van der Waals surface area contributed by atoms with E-state index in [0.29, 0.717) is 24.8 Å². The minimum absolute atomic E-state index is 0.0163. The normalized spacial score (nSPS) is 12.4. The van der Waals surface area contributed by atoms with Crippen LogP contribution in [0, 0.1) is 19.8 Å². The number of carbonyl (C=O) groups is 1. The summed E-state index contributed by atoms with van der Waals surface area (Å²) in [5.74, 6) is 0.990. The van der Waals surface area contributed by atoms with Crippen molar-refractivity contribution in [3.8, 4) is 0 Å². The molecule has 0 saturated carbocycles. The van der Waals surface area contributed by atoms with E-state index in [1.54, 1.807) is 0 Å². The van der Waals surface area contributed by atoms with Crippen molar-refractivity contribution in [1.29, 1.82) is 0 Å². The van der Waals surface area contributed by atoms with Crippen LogP contribution >= 0.6 is 0 Å². The maximum Gasteiger partial charge on any atom is 0.234 e. The summed E-state index contributed by atoms with van der Waals surface area (Å²) in [6.45, 7) is 6.58. The average molecular weight is 267 g/mol. The second-order valence-corrected chi connectivity index (χ2v) is 5.04. The van der Waals surface area contributed by atoms with Crippen LogP contribution in [0.15, 0.2) is 4.52 Å². The molecular formula is C14H25N3O2. The maximum atomic E-state index is 11.9. The van der Waals surface area contributed by atoms with Crippen LogP contribution in [0.2, 0.25) is 0 Å². The molecule has 0 aliphatic rings. The molecule has 5 nitrogen and oxygen atoms in total. The van der Waals surface area contributed by atoms with Crippen molar-refractivity contribution in [2.45, 2.75) is 52.9 Å². The van der Waals surface area contributed by atoms with Gasteiger partial charge in [-0.25, -0.2) is 0 Å². The summed E-state index contributed by atoms with van der Waals surface area (Å²) in [5.41, 5.74) is 7.29. The summed E-state index contributed by atoms with van der Waals surface area (Å²) < 4.78 is 5.07. The molecule has 108 valence electrons. The van der Waals surface area contributed by atoms with E-state index < -0.39 is 0 Å². The standard InChI is InChI=1S/C14H25N3O2/c1-4-5-12(8-9-15)6-7-13(18)16-14-10(2)11(3)17-19-14/h12H,4-9,15H2,1-3H3,(H,16,18). The third kappa shape index (κ3) is 5.03. The van der Waals surface area contributed by atoms with Crippen molar-refractivity contribution >= 4 is 11.8 Å². The van der Waals surface area contributed by atoms with E-state index in [4.69, 9.17) is 10.3 Å². The van der Waals surface area contributed by atoms with Crippen LogP contribution in [-0.4, -0.2) is 17.6 Å². The van der Waals surface area contributed by atoms with Gasteiger partial charge in [0.15, 0.2) is 0 Å². The zero-order chi connectivity index (χ0) is 14.3. The lowest BCUT2D eigenvalue weighted by Gasteiger charge is -2.14. The fraction of sp³-hybridized carbons (Fsp3) is 0.714. The summed E-state index contributed by atoms with van der Waals surface area (Å²) in [6.07, 6.45) is 4.63. The zero-order valence-electron chi connectivity index (χ0n) is 12.2. The Labute approximate surface area is 114 Å². The Morgan fingerprint density at radius 2 is 2.11 bits per heavy atom. The van der Waals surface area contributed by atoms with Gasteiger partial charge in [-0.05, 0) is 39.2 Å². The monoisotopic (exact) mass is 267 g/mol. The van der Waals surface area contributed by atoms with Crippen LogP contribution in [0.3, 0.4) is 0 Å². The molecule has 1 amide bonds. The van der Waals surface area contributed by atoms with Gasteiger partial charge in [-0.3, -0.25) is 10.1 Å². The van der Waals surface area contributed by atoms with Gasteiger partial charge in [0.25, 0.3) is 0 Å². The number of rotatable bonds is 8. The predicted octanol–water partition coefficient (Wildman–Crippen LogP) is 2.78. The summed E-state index contributed by atoms with van der Waals surface area (Å²) in [4.78, 5) is 11.9. The number of aryl methyl sites for hydroxylation is 1. The predicted molar refractivity (Wildman–Crippen MR) is 75.9 cm³/mol. The molecule has 1 aromatic rings. The Morgan fingerprint density at radius 3 is 2.63 bits per heavy atom. The van der Waals surface area contributed by atoms with E-state index in [1.165, 1.54) is 0 Å². The molecule has 1 atom stereocenters. The van der Waals surface area contributed by atoms with Crippen molar-refractivity contribution in [3.05, 3.63) is 11.3 Å². The third-order valence-electron chi connectivity index (χ3n) is 3.46. The number of hydrogen-bond acceptors (Lipinski definition) is 4. The minimum atomic E-state index is -0.0163. The van der Waals surface area contributed by atoms with Crippen LogP contribution in [0.25, 0.3) is 0 Å². The highest BCUT2D eigenvalue weighted by Crippen LogP contribution is 2.20. The van der Waals surface area contributed by atoms with Crippen molar-refractivity contribution in [1.82, 2.24) is 5.16 Å². The smallest absolute Gasteiger partial charge is 0.234 e. The largest absolute Gasteiger partial charge is 0.338 e. The van der Waals surface area contributed by atoms with Gasteiger partial charge in [-0.2, -0.15) is 0 Å². The first-order valence-electron chi connectivity index (χ1n) is 7.01. The lowest BCUT2D eigenvalue weighted by atomic mass is 9.94. The fourth-order valence-electron chi connectivity index (χ4n) is 2.13.